The van der Waals surface area contributed by atoms with E-state index in [4.69, 9.17) is 23.2 Å². The number of nitrogens with one attached hydrogen (secondary N) is 3. The number of rotatable bonds is 11. The normalized spacial score (nSPS) is 11.8. The average Bonchev–Trinajstić information content (AvgIpc) is 2.85. The zero-order valence-electron chi connectivity index (χ0n) is 17.7. The molecule has 6 N–H and O–H groups in total. The maximum atomic E-state index is 9.60. The van der Waals surface area contributed by atoms with Gasteiger partial charge in [0, 0.05) is 10.0 Å². The van der Waals surface area contributed by atoms with Crippen LogP contribution in [0.15, 0.2) is 58.7 Å². The summed E-state index contributed by atoms with van der Waals surface area (Å²) in [6.07, 6.45) is 3.08. The zero-order chi connectivity index (χ0) is 24.4. The number of aliphatic hydroxyl groups is 3. The van der Waals surface area contributed by atoms with Crippen molar-refractivity contribution in [3.05, 3.63) is 69.7 Å². The Morgan fingerprint density at radius 2 is 1.06 bits per heavy atom. The fourth-order valence-corrected chi connectivity index (χ4v) is 2.72. The van der Waals surface area contributed by atoms with E-state index in [0.29, 0.717) is 10.0 Å². The standard InChI is InChI=1S/C21H22Cl2N8O3/c22-16-5-1-14(2-6-16)9-24-30-19-26-18(29-21(11-32,12-33)13-34)27-20(28-19)31-25-10-15-3-7-17(23)8-4-15/h1-10,32-34H,11-13H2,(H3,26,27,28,29,30,31). The molecule has 1 aromatic heterocycles. The Morgan fingerprint density at radius 3 is 1.44 bits per heavy atom. The highest BCUT2D eigenvalue weighted by molar-refractivity contribution is 6.30. The lowest BCUT2D eigenvalue weighted by Gasteiger charge is -2.28. The number of aromatic nitrogens is 3. The van der Waals surface area contributed by atoms with Gasteiger partial charge >= 0.3 is 0 Å². The van der Waals surface area contributed by atoms with Gasteiger partial charge in [0.15, 0.2) is 0 Å². The summed E-state index contributed by atoms with van der Waals surface area (Å²) in [6, 6.07) is 14.0. The third-order valence-electron chi connectivity index (χ3n) is 4.42. The lowest BCUT2D eigenvalue weighted by Crippen LogP contribution is -2.49. The molecule has 0 atom stereocenters. The van der Waals surface area contributed by atoms with Crippen molar-refractivity contribution in [2.45, 2.75) is 5.54 Å². The van der Waals surface area contributed by atoms with Crippen molar-refractivity contribution < 1.29 is 15.3 Å². The van der Waals surface area contributed by atoms with Gasteiger partial charge in [-0.15, -0.1) is 0 Å². The van der Waals surface area contributed by atoms with Gasteiger partial charge in [-0.3, -0.25) is 0 Å². The Bertz CT molecular complexity index is 1040. The van der Waals surface area contributed by atoms with Crippen LogP contribution < -0.4 is 16.2 Å². The van der Waals surface area contributed by atoms with Crippen LogP contribution in [0.3, 0.4) is 0 Å². The first-order chi connectivity index (χ1) is 16.4. The molecule has 11 nitrogen and oxygen atoms in total. The molecule has 34 heavy (non-hydrogen) atoms. The number of anilines is 3. The minimum absolute atomic E-state index is 0.0367. The quantitative estimate of drug-likeness (QED) is 0.170. The van der Waals surface area contributed by atoms with Gasteiger partial charge in [-0.2, -0.15) is 25.2 Å². The Balaban J connectivity index is 1.81. The SMILES string of the molecule is OCC(CO)(CO)Nc1nc(NN=Cc2ccc(Cl)cc2)nc(NN=Cc2ccc(Cl)cc2)n1. The minimum Gasteiger partial charge on any atom is -0.394 e. The monoisotopic (exact) mass is 504 g/mol. The van der Waals surface area contributed by atoms with Crippen molar-refractivity contribution in [3.63, 3.8) is 0 Å². The highest BCUT2D eigenvalue weighted by atomic mass is 35.5. The van der Waals surface area contributed by atoms with Crippen molar-refractivity contribution >= 4 is 53.5 Å². The number of nitrogens with zero attached hydrogens (tertiary/aromatic N) is 5. The first-order valence-corrected chi connectivity index (χ1v) is 10.7. The van der Waals surface area contributed by atoms with Gasteiger partial charge in [-0.1, -0.05) is 47.5 Å². The number of halogens is 2. The van der Waals surface area contributed by atoms with Crippen LogP contribution in [-0.2, 0) is 0 Å². The summed E-state index contributed by atoms with van der Waals surface area (Å²) in [4.78, 5) is 12.5. The van der Waals surface area contributed by atoms with E-state index >= 15 is 0 Å². The van der Waals surface area contributed by atoms with E-state index in [-0.39, 0.29) is 17.8 Å². The van der Waals surface area contributed by atoms with Crippen LogP contribution in [0.5, 0.6) is 0 Å². The zero-order valence-corrected chi connectivity index (χ0v) is 19.2. The van der Waals surface area contributed by atoms with Crippen molar-refractivity contribution in [3.8, 4) is 0 Å². The summed E-state index contributed by atoms with van der Waals surface area (Å²) in [5, 5.41) is 40.9. The molecule has 0 spiro atoms. The van der Waals surface area contributed by atoms with Crippen molar-refractivity contribution in [2.24, 2.45) is 10.2 Å². The smallest absolute Gasteiger partial charge is 0.250 e. The highest BCUT2D eigenvalue weighted by Crippen LogP contribution is 2.15. The fourth-order valence-electron chi connectivity index (χ4n) is 2.46. The molecule has 3 rings (SSSR count). The van der Waals surface area contributed by atoms with E-state index in [1.54, 1.807) is 61.0 Å². The van der Waals surface area contributed by atoms with Crippen molar-refractivity contribution in [1.29, 1.82) is 0 Å². The van der Waals surface area contributed by atoms with Gasteiger partial charge in [0.2, 0.25) is 17.8 Å². The summed E-state index contributed by atoms with van der Waals surface area (Å²) in [6.45, 7) is -1.71. The van der Waals surface area contributed by atoms with Crippen LogP contribution in [0, 0.1) is 0 Å². The average molecular weight is 505 g/mol. The molecule has 0 radical (unpaired) electrons. The summed E-state index contributed by atoms with van der Waals surface area (Å²) in [5.74, 6) is 0.0322. The van der Waals surface area contributed by atoms with E-state index in [1.807, 2.05) is 0 Å². The van der Waals surface area contributed by atoms with Crippen LogP contribution in [-0.4, -0.2) is 68.1 Å². The molecule has 0 unspecified atom stereocenters. The molecule has 0 saturated heterocycles. The molecule has 13 heteroatoms. The van der Waals surface area contributed by atoms with Gasteiger partial charge in [-0.25, -0.2) is 10.9 Å². The molecular weight excluding hydrogens is 483 g/mol. The lowest BCUT2D eigenvalue weighted by molar-refractivity contribution is 0.0828. The van der Waals surface area contributed by atoms with Crippen LogP contribution in [0.1, 0.15) is 11.1 Å². The highest BCUT2D eigenvalue weighted by Gasteiger charge is 2.29. The summed E-state index contributed by atoms with van der Waals surface area (Å²) in [7, 11) is 0. The van der Waals surface area contributed by atoms with E-state index in [2.05, 4.69) is 41.3 Å². The van der Waals surface area contributed by atoms with Gasteiger partial charge in [-0.05, 0) is 35.4 Å². The van der Waals surface area contributed by atoms with E-state index in [9.17, 15) is 15.3 Å². The van der Waals surface area contributed by atoms with E-state index in [0.717, 1.165) is 11.1 Å². The topological polar surface area (TPSA) is 160 Å². The number of hydrogen-bond donors (Lipinski definition) is 6. The number of aliphatic hydroxyl groups excluding tert-OH is 3. The van der Waals surface area contributed by atoms with E-state index in [1.165, 1.54) is 0 Å². The van der Waals surface area contributed by atoms with Crippen LogP contribution in [0.4, 0.5) is 17.8 Å². The summed E-state index contributed by atoms with van der Waals surface area (Å²) in [5.41, 5.74) is 5.49. The van der Waals surface area contributed by atoms with Crippen LogP contribution in [0.2, 0.25) is 10.0 Å². The lowest BCUT2D eigenvalue weighted by atomic mass is 10.0. The third kappa shape index (κ3) is 7.33. The third-order valence-corrected chi connectivity index (χ3v) is 4.92. The molecular formula is C21H22Cl2N8O3. The predicted molar refractivity (Wildman–Crippen MR) is 133 cm³/mol. The Kier molecular flexibility index (Phi) is 9.08. The van der Waals surface area contributed by atoms with Gasteiger partial charge in [0.05, 0.1) is 32.2 Å². The molecule has 0 aliphatic rings. The fraction of sp³-hybridized carbons (Fsp3) is 0.190. The number of benzene rings is 2. The Hall–Kier alpha value is -3.35. The molecule has 178 valence electrons. The van der Waals surface area contributed by atoms with Gasteiger partial charge in [0.1, 0.15) is 5.54 Å². The maximum absolute atomic E-state index is 9.60. The molecule has 2 aromatic carbocycles. The summed E-state index contributed by atoms with van der Waals surface area (Å²) < 4.78 is 0. The molecule has 0 bridgehead atoms. The van der Waals surface area contributed by atoms with Gasteiger partial charge < -0.3 is 20.6 Å². The molecule has 0 aliphatic carbocycles. The number of hydrazone groups is 2. The maximum Gasteiger partial charge on any atom is 0.250 e. The molecule has 0 fully saturated rings. The first-order valence-electron chi connectivity index (χ1n) is 9.91. The van der Waals surface area contributed by atoms with E-state index < -0.39 is 25.4 Å². The minimum atomic E-state index is -1.45. The van der Waals surface area contributed by atoms with Crippen molar-refractivity contribution in [2.75, 3.05) is 36.0 Å². The second kappa shape index (κ2) is 12.2. The summed E-state index contributed by atoms with van der Waals surface area (Å²) >= 11 is 11.8. The second-order valence-corrected chi connectivity index (χ2v) is 7.90. The number of hydrogen-bond acceptors (Lipinski definition) is 11. The molecule has 0 aliphatic heterocycles. The Morgan fingerprint density at radius 1 is 0.676 bits per heavy atom. The molecule has 3 aromatic rings. The van der Waals surface area contributed by atoms with Crippen LogP contribution >= 0.6 is 23.2 Å². The van der Waals surface area contributed by atoms with Crippen LogP contribution in [0.25, 0.3) is 0 Å². The predicted octanol–water partition coefficient (Wildman–Crippen LogP) is 2.20. The largest absolute Gasteiger partial charge is 0.394 e. The molecule has 0 saturated carbocycles. The van der Waals surface area contributed by atoms with Gasteiger partial charge in [0.25, 0.3) is 0 Å². The molecule has 1 heterocycles. The molecule has 0 amide bonds. The second-order valence-electron chi connectivity index (χ2n) is 7.03. The Labute approximate surface area is 205 Å². The van der Waals surface area contributed by atoms with Crippen molar-refractivity contribution in [1.82, 2.24) is 15.0 Å². The first kappa shape index (κ1) is 25.3.